The van der Waals surface area contributed by atoms with Crippen molar-refractivity contribution in [2.24, 2.45) is 0 Å². The molecule has 0 aliphatic carbocycles. The zero-order valence-corrected chi connectivity index (χ0v) is 10.7. The van der Waals surface area contributed by atoms with E-state index in [4.69, 9.17) is 10.5 Å². The minimum atomic E-state index is 0.375. The molecule has 2 aromatic rings. The highest BCUT2D eigenvalue weighted by Crippen LogP contribution is 2.12. The van der Waals surface area contributed by atoms with Crippen LogP contribution in [0.15, 0.2) is 28.6 Å². The largest absolute Gasteiger partial charge is 0.192 e. The molecule has 0 N–H and O–H groups in total. The smallest absolute Gasteiger partial charge is 0.114 e. The van der Waals surface area contributed by atoms with E-state index in [0.717, 1.165) is 5.01 Å². The van der Waals surface area contributed by atoms with Crippen LogP contribution in [-0.2, 0) is 0 Å². The quantitative estimate of drug-likeness (QED) is 0.739. The number of nitriles is 2. The van der Waals surface area contributed by atoms with Gasteiger partial charge >= 0.3 is 0 Å². The van der Waals surface area contributed by atoms with Gasteiger partial charge in [-0.2, -0.15) is 10.5 Å². The van der Waals surface area contributed by atoms with Crippen LogP contribution in [0.3, 0.4) is 0 Å². The fourth-order valence-corrected chi connectivity index (χ4v) is 1.50. The molecule has 0 spiro atoms. The molecule has 0 saturated heterocycles. The number of aromatic nitrogens is 2. The molecular weight excluding hydrogens is 252 g/mol. The Kier molecular flexibility index (Phi) is 5.15. The summed E-state index contributed by atoms with van der Waals surface area (Å²) in [5, 5.41) is 25.4. The molecule has 17 heavy (non-hydrogen) atoms. The third kappa shape index (κ3) is 4.23. The van der Waals surface area contributed by atoms with Crippen molar-refractivity contribution in [1.82, 2.24) is 10.2 Å². The van der Waals surface area contributed by atoms with E-state index in [1.165, 1.54) is 0 Å². The summed E-state index contributed by atoms with van der Waals surface area (Å²) in [5.41, 5.74) is 2.49. The molecule has 1 aromatic carbocycles. The highest BCUT2D eigenvalue weighted by atomic mass is 32.1. The lowest BCUT2D eigenvalue weighted by Gasteiger charge is -1.93. The maximum atomic E-state index is 8.54. The summed E-state index contributed by atoms with van der Waals surface area (Å²) in [7, 11) is 0. The average molecular weight is 260 g/mol. The molecule has 4 nitrogen and oxygen atoms in total. The number of rotatable bonds is 0. The third-order valence-corrected chi connectivity index (χ3v) is 2.61. The maximum Gasteiger partial charge on any atom is 0.114 e. The molecule has 0 radical (unpaired) electrons. The Hall–Kier alpha value is -1.89. The zero-order valence-electron chi connectivity index (χ0n) is 8.95. The van der Waals surface area contributed by atoms with Gasteiger partial charge in [-0.15, -0.1) is 34.2 Å². The molecule has 0 unspecified atom stereocenters. The van der Waals surface area contributed by atoms with Gasteiger partial charge in [-0.25, -0.2) is 0 Å². The van der Waals surface area contributed by atoms with Gasteiger partial charge in [0.1, 0.15) is 22.7 Å². The summed E-state index contributed by atoms with van der Waals surface area (Å²) in [4.78, 5) is 0.695. The van der Waals surface area contributed by atoms with Gasteiger partial charge in [-0.1, -0.05) is 0 Å². The number of hydrogen-bond donors (Lipinski definition) is 1. The van der Waals surface area contributed by atoms with Gasteiger partial charge in [0.05, 0.1) is 11.1 Å². The topological polar surface area (TPSA) is 73.4 Å². The van der Waals surface area contributed by atoms with Gasteiger partial charge in [0, 0.05) is 4.90 Å². The monoisotopic (exact) mass is 260 g/mol. The Bertz CT molecular complexity index is 564. The Morgan fingerprint density at radius 3 is 2.35 bits per heavy atom. The second kappa shape index (κ2) is 6.64. The Morgan fingerprint density at radius 1 is 1.24 bits per heavy atom. The number of thiol groups is 1. The lowest BCUT2D eigenvalue weighted by atomic mass is 10.1. The lowest BCUT2D eigenvalue weighted by molar-refractivity contribution is 1.05. The van der Waals surface area contributed by atoms with Crippen LogP contribution in [0.4, 0.5) is 0 Å². The molecule has 0 atom stereocenters. The van der Waals surface area contributed by atoms with E-state index >= 15 is 0 Å². The van der Waals surface area contributed by atoms with E-state index in [2.05, 4.69) is 22.8 Å². The molecule has 1 aromatic heterocycles. The SMILES string of the molecule is Cc1nncs1.N#Cc1ccc(S)cc1C#N. The van der Waals surface area contributed by atoms with E-state index < -0.39 is 0 Å². The number of benzene rings is 1. The van der Waals surface area contributed by atoms with Crippen molar-refractivity contribution in [3.8, 4) is 12.1 Å². The molecule has 2 rings (SSSR count). The van der Waals surface area contributed by atoms with Crippen LogP contribution >= 0.6 is 24.0 Å². The number of aryl methyl sites for hydroxylation is 1. The van der Waals surface area contributed by atoms with Crippen molar-refractivity contribution >= 4 is 24.0 Å². The normalized spacial score (nSPS) is 8.47. The second-order valence-electron chi connectivity index (χ2n) is 2.91. The summed E-state index contributed by atoms with van der Waals surface area (Å²) >= 11 is 5.59. The van der Waals surface area contributed by atoms with Crippen LogP contribution in [0, 0.1) is 29.6 Å². The molecular formula is C11H8N4S2. The van der Waals surface area contributed by atoms with E-state index in [9.17, 15) is 0 Å². The first-order valence-electron chi connectivity index (χ1n) is 4.53. The molecule has 0 saturated carbocycles. The first-order valence-corrected chi connectivity index (χ1v) is 5.86. The molecule has 1 heterocycles. The van der Waals surface area contributed by atoms with Gasteiger partial charge in [0.25, 0.3) is 0 Å². The predicted octanol–water partition coefficient (Wildman–Crippen LogP) is 2.57. The summed E-state index contributed by atoms with van der Waals surface area (Å²) in [6, 6.07) is 8.67. The molecule has 0 amide bonds. The molecule has 0 bridgehead atoms. The summed E-state index contributed by atoms with van der Waals surface area (Å²) in [5.74, 6) is 0. The summed E-state index contributed by atoms with van der Waals surface area (Å²) in [6.07, 6.45) is 0. The highest BCUT2D eigenvalue weighted by Gasteiger charge is 1.99. The summed E-state index contributed by atoms with van der Waals surface area (Å²) in [6.45, 7) is 1.93. The van der Waals surface area contributed by atoms with Crippen molar-refractivity contribution < 1.29 is 0 Å². The fraction of sp³-hybridized carbons (Fsp3) is 0.0909. The minimum absolute atomic E-state index is 0.375. The highest BCUT2D eigenvalue weighted by molar-refractivity contribution is 7.80. The van der Waals surface area contributed by atoms with Gasteiger partial charge in [0.15, 0.2) is 0 Å². The van der Waals surface area contributed by atoms with E-state index in [1.807, 2.05) is 19.1 Å². The average Bonchev–Trinajstić information content (AvgIpc) is 2.81. The van der Waals surface area contributed by atoms with Crippen LogP contribution in [0.25, 0.3) is 0 Å². The number of hydrogen-bond acceptors (Lipinski definition) is 6. The number of nitrogens with zero attached hydrogens (tertiary/aromatic N) is 4. The minimum Gasteiger partial charge on any atom is -0.192 e. The first-order chi connectivity index (χ1) is 8.17. The van der Waals surface area contributed by atoms with Crippen LogP contribution in [0.1, 0.15) is 16.1 Å². The lowest BCUT2D eigenvalue weighted by Crippen LogP contribution is -1.81. The van der Waals surface area contributed by atoms with Crippen molar-refractivity contribution in [2.45, 2.75) is 11.8 Å². The van der Waals surface area contributed by atoms with Gasteiger partial charge in [0.2, 0.25) is 0 Å². The molecule has 0 aliphatic rings. The van der Waals surface area contributed by atoms with Crippen molar-refractivity contribution in [1.29, 1.82) is 10.5 Å². The fourth-order valence-electron chi connectivity index (χ4n) is 0.951. The summed E-state index contributed by atoms with van der Waals surface area (Å²) < 4.78 is 0. The third-order valence-electron chi connectivity index (χ3n) is 1.71. The van der Waals surface area contributed by atoms with Crippen molar-refractivity contribution in [2.75, 3.05) is 0 Å². The molecule has 0 aliphatic heterocycles. The zero-order chi connectivity index (χ0) is 12.7. The Balaban J connectivity index is 0.000000202. The van der Waals surface area contributed by atoms with E-state index in [0.29, 0.717) is 16.0 Å². The molecule has 0 fully saturated rings. The van der Waals surface area contributed by atoms with Gasteiger partial charge < -0.3 is 0 Å². The standard InChI is InChI=1S/C8H4N2S.C3H4N2S/c9-4-6-1-2-8(11)3-7(6)5-10;1-3-5-4-2-6-3/h1-3,11H;2H,1H3. The van der Waals surface area contributed by atoms with Crippen molar-refractivity contribution in [3.63, 3.8) is 0 Å². The Labute approximate surface area is 109 Å². The second-order valence-corrected chi connectivity index (χ2v) is 4.46. The van der Waals surface area contributed by atoms with Crippen LogP contribution in [0.2, 0.25) is 0 Å². The molecule has 84 valence electrons. The van der Waals surface area contributed by atoms with Gasteiger partial charge in [-0.05, 0) is 25.1 Å². The van der Waals surface area contributed by atoms with E-state index in [1.54, 1.807) is 35.0 Å². The maximum absolute atomic E-state index is 8.54. The predicted molar refractivity (Wildman–Crippen MR) is 67.8 cm³/mol. The van der Waals surface area contributed by atoms with Crippen LogP contribution < -0.4 is 0 Å². The Morgan fingerprint density at radius 2 is 1.94 bits per heavy atom. The van der Waals surface area contributed by atoms with Gasteiger partial charge in [-0.3, -0.25) is 0 Å². The van der Waals surface area contributed by atoms with Crippen LogP contribution in [0.5, 0.6) is 0 Å². The first kappa shape index (κ1) is 13.2. The van der Waals surface area contributed by atoms with Crippen molar-refractivity contribution in [3.05, 3.63) is 39.8 Å². The van der Waals surface area contributed by atoms with Crippen LogP contribution in [-0.4, -0.2) is 10.2 Å². The van der Waals surface area contributed by atoms with E-state index in [-0.39, 0.29) is 0 Å². The molecule has 6 heteroatoms.